The Morgan fingerprint density at radius 3 is 2.27 bits per heavy atom. The first-order valence-electron chi connectivity index (χ1n) is 3.52. The first-order valence-corrected chi connectivity index (χ1v) is 5.24. The minimum atomic E-state index is -3.59. The number of carbonyl (C=O) groups excluding carboxylic acids is 1. The number of hydrogen-bond acceptors (Lipinski definition) is 3. The van der Waals surface area contributed by atoms with Gasteiger partial charge in [-0.3, -0.25) is 4.79 Å². The van der Waals surface area contributed by atoms with Crippen molar-refractivity contribution < 1.29 is 13.2 Å². The van der Waals surface area contributed by atoms with E-state index in [2.05, 4.69) is 0 Å². The summed E-state index contributed by atoms with van der Waals surface area (Å²) in [6.45, 7) is 0. The Morgan fingerprint density at radius 1 is 1.45 bits per heavy atom. The van der Waals surface area contributed by atoms with Gasteiger partial charge in [-0.05, 0) is 12.8 Å². The molecule has 64 valence electrons. The lowest BCUT2D eigenvalue weighted by Crippen LogP contribution is -2.31. The van der Waals surface area contributed by atoms with Gasteiger partial charge in [0.1, 0.15) is 5.75 Å². The lowest BCUT2D eigenvalue weighted by Gasteiger charge is -2.22. The summed E-state index contributed by atoms with van der Waals surface area (Å²) in [7, 11) is -3.59. The van der Waals surface area contributed by atoms with Gasteiger partial charge >= 0.3 is 0 Å². The van der Waals surface area contributed by atoms with Gasteiger partial charge in [0.15, 0.2) is 5.78 Å². The number of rotatable bonds is 3. The molecule has 0 saturated heterocycles. The Morgan fingerprint density at radius 2 is 2.00 bits per heavy atom. The molecule has 1 rings (SSSR count). The summed E-state index contributed by atoms with van der Waals surface area (Å²) in [6.07, 6.45) is 2.68. The quantitative estimate of drug-likeness (QED) is 0.639. The average Bonchev–Trinajstić information content (AvgIpc) is 1.50. The van der Waals surface area contributed by atoms with E-state index in [4.69, 9.17) is 5.14 Å². The molecule has 4 nitrogen and oxygen atoms in total. The molecular weight excluding hydrogens is 166 g/mol. The predicted octanol–water partition coefficient (Wildman–Crippen LogP) is -0.356. The third-order valence-corrected chi connectivity index (χ3v) is 2.59. The van der Waals surface area contributed by atoms with Crippen molar-refractivity contribution in [3.63, 3.8) is 0 Å². The molecule has 1 aliphatic carbocycles. The molecule has 1 aliphatic rings. The normalized spacial score (nSPS) is 19.4. The second kappa shape index (κ2) is 2.91. The molecule has 0 aromatic carbocycles. The highest BCUT2D eigenvalue weighted by atomic mass is 32.2. The Labute approximate surface area is 65.8 Å². The van der Waals surface area contributed by atoms with E-state index < -0.39 is 15.8 Å². The maximum atomic E-state index is 11.0. The summed E-state index contributed by atoms with van der Waals surface area (Å²) < 4.78 is 20.9. The highest BCUT2D eigenvalue weighted by Gasteiger charge is 2.27. The lowest BCUT2D eigenvalue weighted by molar-refractivity contribution is -0.122. The highest BCUT2D eigenvalue weighted by molar-refractivity contribution is 7.89. The molecule has 1 saturated carbocycles. The molecular formula is C6H11NO3S. The molecule has 5 heteroatoms. The molecule has 0 spiro atoms. The van der Waals surface area contributed by atoms with Crippen LogP contribution in [-0.2, 0) is 14.8 Å². The molecule has 11 heavy (non-hydrogen) atoms. The summed E-state index contributed by atoms with van der Waals surface area (Å²) in [5, 5.41) is 4.70. The van der Waals surface area contributed by atoms with E-state index in [1.54, 1.807) is 0 Å². The Kier molecular flexibility index (Phi) is 2.29. The van der Waals surface area contributed by atoms with Crippen LogP contribution < -0.4 is 5.14 Å². The van der Waals surface area contributed by atoms with E-state index in [0.717, 1.165) is 19.3 Å². The number of hydrogen-bond donors (Lipinski definition) is 1. The van der Waals surface area contributed by atoms with E-state index in [-0.39, 0.29) is 11.7 Å². The van der Waals surface area contributed by atoms with E-state index >= 15 is 0 Å². The second-order valence-corrected chi connectivity index (χ2v) is 4.52. The minimum absolute atomic E-state index is 0.0340. The van der Waals surface area contributed by atoms with Crippen molar-refractivity contribution in [3.05, 3.63) is 0 Å². The molecule has 0 aliphatic heterocycles. The molecule has 0 radical (unpaired) electrons. The molecule has 1 fully saturated rings. The van der Waals surface area contributed by atoms with Gasteiger partial charge < -0.3 is 0 Å². The van der Waals surface area contributed by atoms with Gasteiger partial charge in [0.05, 0.1) is 0 Å². The SMILES string of the molecule is NS(=O)(=O)CC(=O)C1CCC1. The van der Waals surface area contributed by atoms with Crippen LogP contribution in [0.5, 0.6) is 0 Å². The lowest BCUT2D eigenvalue weighted by atomic mass is 9.83. The minimum Gasteiger partial charge on any atom is -0.298 e. The van der Waals surface area contributed by atoms with Gasteiger partial charge in [0.2, 0.25) is 10.0 Å². The maximum absolute atomic E-state index is 11.0. The van der Waals surface area contributed by atoms with Crippen molar-refractivity contribution in [1.82, 2.24) is 0 Å². The Hall–Kier alpha value is -0.420. The van der Waals surface area contributed by atoms with Crippen LogP contribution in [0, 0.1) is 5.92 Å². The van der Waals surface area contributed by atoms with Gasteiger partial charge in [0, 0.05) is 5.92 Å². The molecule has 2 N–H and O–H groups in total. The zero-order chi connectivity index (χ0) is 8.48. The third kappa shape index (κ3) is 2.59. The number of Topliss-reactive ketones (excluding diaryl/α,β-unsaturated/α-hetero) is 1. The zero-order valence-electron chi connectivity index (χ0n) is 6.12. The van der Waals surface area contributed by atoms with Crippen LogP contribution in [0.3, 0.4) is 0 Å². The van der Waals surface area contributed by atoms with Gasteiger partial charge in [-0.2, -0.15) is 0 Å². The smallest absolute Gasteiger partial charge is 0.216 e. The number of carbonyl (C=O) groups is 1. The molecule has 0 bridgehead atoms. The van der Waals surface area contributed by atoms with Crippen molar-refractivity contribution in [2.24, 2.45) is 11.1 Å². The van der Waals surface area contributed by atoms with Crippen molar-refractivity contribution in [2.45, 2.75) is 19.3 Å². The van der Waals surface area contributed by atoms with E-state index in [1.165, 1.54) is 0 Å². The predicted molar refractivity (Wildman–Crippen MR) is 40.3 cm³/mol. The van der Waals surface area contributed by atoms with Gasteiger partial charge in [-0.15, -0.1) is 0 Å². The number of primary sulfonamides is 1. The first-order chi connectivity index (χ1) is 4.99. The fourth-order valence-electron chi connectivity index (χ4n) is 1.05. The van der Waals surface area contributed by atoms with Gasteiger partial charge in [0.25, 0.3) is 0 Å². The number of nitrogens with two attached hydrogens (primary N) is 1. The van der Waals surface area contributed by atoms with E-state index in [9.17, 15) is 13.2 Å². The standard InChI is InChI=1S/C6H11NO3S/c7-11(9,10)4-6(8)5-2-1-3-5/h5H,1-4H2,(H2,7,9,10). The fourth-order valence-corrected chi connectivity index (χ4v) is 1.68. The van der Waals surface area contributed by atoms with Crippen molar-refractivity contribution in [3.8, 4) is 0 Å². The maximum Gasteiger partial charge on any atom is 0.216 e. The average molecular weight is 177 g/mol. The second-order valence-electron chi connectivity index (χ2n) is 2.90. The molecule has 0 heterocycles. The third-order valence-electron chi connectivity index (χ3n) is 1.90. The Bertz CT molecular complexity index is 253. The largest absolute Gasteiger partial charge is 0.298 e. The molecule has 0 unspecified atom stereocenters. The van der Waals surface area contributed by atoms with Crippen LogP contribution in [0.4, 0.5) is 0 Å². The summed E-state index contributed by atoms with van der Waals surface area (Å²) >= 11 is 0. The molecule has 0 aromatic rings. The van der Waals surface area contributed by atoms with E-state index in [0.29, 0.717) is 0 Å². The van der Waals surface area contributed by atoms with Crippen molar-refractivity contribution in [2.75, 3.05) is 5.75 Å². The van der Waals surface area contributed by atoms with Crippen LogP contribution in [-0.4, -0.2) is 20.0 Å². The molecule has 0 aromatic heterocycles. The summed E-state index contributed by atoms with van der Waals surface area (Å²) in [6, 6.07) is 0. The number of ketones is 1. The number of sulfonamides is 1. The Balaban J connectivity index is 2.43. The van der Waals surface area contributed by atoms with Crippen LogP contribution >= 0.6 is 0 Å². The molecule has 0 amide bonds. The van der Waals surface area contributed by atoms with Crippen molar-refractivity contribution in [1.29, 1.82) is 0 Å². The monoisotopic (exact) mass is 177 g/mol. The molecule has 0 atom stereocenters. The van der Waals surface area contributed by atoms with Crippen LogP contribution in [0.1, 0.15) is 19.3 Å². The highest BCUT2D eigenvalue weighted by Crippen LogP contribution is 2.27. The zero-order valence-corrected chi connectivity index (χ0v) is 6.93. The fraction of sp³-hybridized carbons (Fsp3) is 0.833. The van der Waals surface area contributed by atoms with Crippen LogP contribution in [0.2, 0.25) is 0 Å². The summed E-state index contributed by atoms with van der Waals surface area (Å²) in [5.41, 5.74) is 0. The summed E-state index contributed by atoms with van der Waals surface area (Å²) in [4.78, 5) is 11.0. The topological polar surface area (TPSA) is 77.2 Å². The van der Waals surface area contributed by atoms with Crippen LogP contribution in [0.15, 0.2) is 0 Å². The summed E-state index contributed by atoms with van der Waals surface area (Å²) in [5.74, 6) is -0.746. The van der Waals surface area contributed by atoms with Crippen LogP contribution in [0.25, 0.3) is 0 Å². The van der Waals surface area contributed by atoms with E-state index in [1.807, 2.05) is 0 Å². The van der Waals surface area contributed by atoms with Gasteiger partial charge in [-0.1, -0.05) is 6.42 Å². The van der Waals surface area contributed by atoms with Crippen molar-refractivity contribution >= 4 is 15.8 Å². The first kappa shape index (κ1) is 8.67. The van der Waals surface area contributed by atoms with Gasteiger partial charge in [-0.25, -0.2) is 13.6 Å².